The highest BCUT2D eigenvalue weighted by molar-refractivity contribution is 5.94. The first-order chi connectivity index (χ1) is 11.2. The number of amides is 1. The van der Waals surface area contributed by atoms with Crippen LogP contribution in [0, 0.1) is 0 Å². The van der Waals surface area contributed by atoms with Crippen molar-refractivity contribution >= 4 is 16.7 Å². The number of nitrogens with one attached hydrogen (secondary N) is 1. The molecule has 1 aliphatic heterocycles. The standard InChI is InChI=1S/C18H17N3O2/c1-18(9-10-19-15(22)11-18)17-20-16(21-23-17)14-8-4-6-12-5-2-3-7-13(12)14/h2-8H,9-11H2,1H3,(H,19,22)/t18-/m0/s1. The van der Waals surface area contributed by atoms with Crippen molar-refractivity contribution in [2.75, 3.05) is 6.54 Å². The first-order valence-corrected chi connectivity index (χ1v) is 7.75. The van der Waals surface area contributed by atoms with Gasteiger partial charge in [0.05, 0.1) is 5.41 Å². The van der Waals surface area contributed by atoms with E-state index in [1.165, 1.54) is 0 Å². The summed E-state index contributed by atoms with van der Waals surface area (Å²) in [5.74, 6) is 1.14. The molecule has 0 aliphatic carbocycles. The van der Waals surface area contributed by atoms with Crippen LogP contribution in [0.4, 0.5) is 0 Å². The second-order valence-electron chi connectivity index (χ2n) is 6.29. The van der Waals surface area contributed by atoms with Crippen molar-refractivity contribution in [1.82, 2.24) is 15.5 Å². The van der Waals surface area contributed by atoms with Crippen LogP contribution in [-0.2, 0) is 10.2 Å². The molecule has 5 heteroatoms. The lowest BCUT2D eigenvalue weighted by molar-refractivity contribution is -0.124. The van der Waals surface area contributed by atoms with E-state index in [-0.39, 0.29) is 5.91 Å². The topological polar surface area (TPSA) is 68.0 Å². The minimum atomic E-state index is -0.391. The highest BCUT2D eigenvalue weighted by Gasteiger charge is 2.38. The Morgan fingerprint density at radius 2 is 2.00 bits per heavy atom. The molecule has 1 saturated heterocycles. The number of hydrogen-bond acceptors (Lipinski definition) is 4. The van der Waals surface area contributed by atoms with Gasteiger partial charge < -0.3 is 9.84 Å². The second-order valence-corrected chi connectivity index (χ2v) is 6.29. The third kappa shape index (κ3) is 2.38. The molecule has 4 rings (SSSR count). The van der Waals surface area contributed by atoms with Crippen molar-refractivity contribution < 1.29 is 9.32 Å². The molecule has 0 unspecified atom stereocenters. The van der Waals surface area contributed by atoms with E-state index in [2.05, 4.69) is 33.7 Å². The van der Waals surface area contributed by atoms with Gasteiger partial charge in [0.2, 0.25) is 17.6 Å². The summed E-state index contributed by atoms with van der Waals surface area (Å²) in [4.78, 5) is 16.3. The predicted molar refractivity (Wildman–Crippen MR) is 86.8 cm³/mol. The minimum absolute atomic E-state index is 0.0312. The molecule has 0 bridgehead atoms. The van der Waals surface area contributed by atoms with E-state index < -0.39 is 5.41 Å². The summed E-state index contributed by atoms with van der Waals surface area (Å²) in [5, 5.41) is 9.24. The Morgan fingerprint density at radius 3 is 2.87 bits per heavy atom. The van der Waals surface area contributed by atoms with E-state index in [1.807, 2.05) is 31.2 Å². The van der Waals surface area contributed by atoms with Crippen LogP contribution >= 0.6 is 0 Å². The van der Waals surface area contributed by atoms with Crippen LogP contribution in [0.25, 0.3) is 22.2 Å². The molecule has 1 fully saturated rings. The maximum absolute atomic E-state index is 11.7. The lowest BCUT2D eigenvalue weighted by atomic mass is 9.80. The number of nitrogens with zero attached hydrogens (tertiary/aromatic N) is 2. The largest absolute Gasteiger partial charge is 0.356 e. The molecule has 1 aromatic heterocycles. The zero-order chi connectivity index (χ0) is 15.9. The molecule has 0 spiro atoms. The third-order valence-electron chi connectivity index (χ3n) is 4.52. The summed E-state index contributed by atoms with van der Waals surface area (Å²) in [6.07, 6.45) is 1.18. The number of piperidine rings is 1. The zero-order valence-electron chi connectivity index (χ0n) is 12.9. The molecular formula is C18H17N3O2. The first kappa shape index (κ1) is 13.9. The average molecular weight is 307 g/mol. The Balaban J connectivity index is 1.77. The van der Waals surface area contributed by atoms with Gasteiger partial charge in [-0.25, -0.2) is 0 Å². The van der Waals surface area contributed by atoms with E-state index in [1.54, 1.807) is 0 Å². The first-order valence-electron chi connectivity index (χ1n) is 7.75. The number of benzene rings is 2. The zero-order valence-corrected chi connectivity index (χ0v) is 12.9. The summed E-state index contributed by atoms with van der Waals surface area (Å²) in [5.41, 5.74) is 0.556. The summed E-state index contributed by atoms with van der Waals surface area (Å²) in [6.45, 7) is 2.65. The van der Waals surface area contributed by atoms with Crippen LogP contribution in [0.5, 0.6) is 0 Å². The molecule has 116 valence electrons. The van der Waals surface area contributed by atoms with Crippen molar-refractivity contribution in [2.24, 2.45) is 0 Å². The summed E-state index contributed by atoms with van der Waals surface area (Å²) >= 11 is 0. The molecule has 1 amide bonds. The van der Waals surface area contributed by atoms with Gasteiger partial charge in [-0.1, -0.05) is 54.5 Å². The van der Waals surface area contributed by atoms with Crippen LogP contribution in [0.2, 0.25) is 0 Å². The fourth-order valence-corrected chi connectivity index (χ4v) is 3.16. The summed E-state index contributed by atoms with van der Waals surface area (Å²) < 4.78 is 5.52. The van der Waals surface area contributed by atoms with E-state index in [9.17, 15) is 4.79 Å². The number of hydrogen-bond donors (Lipinski definition) is 1. The third-order valence-corrected chi connectivity index (χ3v) is 4.52. The Kier molecular flexibility index (Phi) is 3.15. The molecule has 23 heavy (non-hydrogen) atoms. The predicted octanol–water partition coefficient (Wildman–Crippen LogP) is 3.06. The summed E-state index contributed by atoms with van der Waals surface area (Å²) in [6, 6.07) is 14.2. The fraction of sp³-hybridized carbons (Fsp3) is 0.278. The van der Waals surface area contributed by atoms with Gasteiger partial charge in [-0.05, 0) is 17.2 Å². The van der Waals surface area contributed by atoms with E-state index in [0.29, 0.717) is 24.7 Å². The van der Waals surface area contributed by atoms with Gasteiger partial charge in [-0.2, -0.15) is 4.98 Å². The number of aromatic nitrogens is 2. The second kappa shape index (κ2) is 5.19. The quantitative estimate of drug-likeness (QED) is 0.790. The van der Waals surface area contributed by atoms with E-state index in [4.69, 9.17) is 4.52 Å². The van der Waals surface area contributed by atoms with Crippen LogP contribution in [0.1, 0.15) is 25.7 Å². The van der Waals surface area contributed by atoms with Crippen molar-refractivity contribution in [3.8, 4) is 11.4 Å². The van der Waals surface area contributed by atoms with Crippen molar-refractivity contribution in [2.45, 2.75) is 25.2 Å². The highest BCUT2D eigenvalue weighted by atomic mass is 16.5. The van der Waals surface area contributed by atoms with E-state index >= 15 is 0 Å². The minimum Gasteiger partial charge on any atom is -0.356 e. The molecule has 1 atom stereocenters. The SMILES string of the molecule is C[C@]1(c2nc(-c3cccc4ccccc34)no2)CCNC(=O)C1. The number of fused-ring (bicyclic) bond motifs is 1. The molecule has 1 aliphatic rings. The van der Waals surface area contributed by atoms with Gasteiger partial charge in [-0.15, -0.1) is 0 Å². The molecular weight excluding hydrogens is 290 g/mol. The van der Waals surface area contributed by atoms with Crippen LogP contribution in [0.15, 0.2) is 47.0 Å². The van der Waals surface area contributed by atoms with Crippen molar-refractivity contribution in [3.05, 3.63) is 48.4 Å². The molecule has 0 radical (unpaired) electrons. The molecule has 1 N–H and O–H groups in total. The van der Waals surface area contributed by atoms with E-state index in [0.717, 1.165) is 22.8 Å². The monoisotopic (exact) mass is 307 g/mol. The van der Waals surface area contributed by atoms with Crippen LogP contribution in [0.3, 0.4) is 0 Å². The van der Waals surface area contributed by atoms with Crippen molar-refractivity contribution in [1.29, 1.82) is 0 Å². The molecule has 5 nitrogen and oxygen atoms in total. The average Bonchev–Trinajstić information content (AvgIpc) is 3.05. The van der Waals surface area contributed by atoms with Gasteiger partial charge in [0.15, 0.2) is 0 Å². The summed E-state index contributed by atoms with van der Waals surface area (Å²) in [7, 11) is 0. The fourth-order valence-electron chi connectivity index (χ4n) is 3.16. The molecule has 3 aromatic rings. The maximum atomic E-state index is 11.7. The van der Waals surface area contributed by atoms with Gasteiger partial charge in [0.1, 0.15) is 0 Å². The van der Waals surface area contributed by atoms with Crippen LogP contribution in [-0.4, -0.2) is 22.6 Å². The van der Waals surface area contributed by atoms with Gasteiger partial charge in [0.25, 0.3) is 0 Å². The number of rotatable bonds is 2. The molecule has 2 heterocycles. The Hall–Kier alpha value is -2.69. The smallest absolute Gasteiger partial charge is 0.233 e. The number of carbonyl (C=O) groups is 1. The Bertz CT molecular complexity index is 881. The Morgan fingerprint density at radius 1 is 1.17 bits per heavy atom. The highest BCUT2D eigenvalue weighted by Crippen LogP contribution is 2.34. The number of carbonyl (C=O) groups excluding carboxylic acids is 1. The molecule has 2 aromatic carbocycles. The van der Waals surface area contributed by atoms with Gasteiger partial charge in [0, 0.05) is 18.5 Å². The van der Waals surface area contributed by atoms with Crippen molar-refractivity contribution in [3.63, 3.8) is 0 Å². The van der Waals surface area contributed by atoms with Gasteiger partial charge in [-0.3, -0.25) is 4.79 Å². The molecule has 0 saturated carbocycles. The normalized spacial score (nSPS) is 21.3. The maximum Gasteiger partial charge on any atom is 0.233 e. The lowest BCUT2D eigenvalue weighted by Crippen LogP contribution is -2.41. The van der Waals surface area contributed by atoms with Gasteiger partial charge >= 0.3 is 0 Å². The van der Waals surface area contributed by atoms with Crippen LogP contribution < -0.4 is 5.32 Å². The lowest BCUT2D eigenvalue weighted by Gasteiger charge is -2.29. The Labute approximate surface area is 133 Å².